The van der Waals surface area contributed by atoms with E-state index in [-0.39, 0.29) is 17.6 Å². The van der Waals surface area contributed by atoms with Gasteiger partial charge in [0.2, 0.25) is 5.82 Å². The highest BCUT2D eigenvalue weighted by Crippen LogP contribution is 2.07. The highest BCUT2D eigenvalue weighted by molar-refractivity contribution is 5.90. The van der Waals surface area contributed by atoms with Crippen LogP contribution in [0.25, 0.3) is 0 Å². The molecule has 0 fully saturated rings. The number of amides is 1. The molecular weight excluding hydrogens is 230 g/mol. The molecule has 1 aromatic rings. The van der Waals surface area contributed by atoms with Gasteiger partial charge in [-0.3, -0.25) is 9.89 Å². The molecule has 6 heteroatoms. The lowest BCUT2D eigenvalue weighted by atomic mass is 10.1. The summed E-state index contributed by atoms with van der Waals surface area (Å²) in [4.78, 5) is 16.0. The van der Waals surface area contributed by atoms with Crippen LogP contribution in [-0.4, -0.2) is 40.7 Å². The molecule has 2 rings (SSSR count). The van der Waals surface area contributed by atoms with Crippen LogP contribution < -0.4 is 10.6 Å². The highest BCUT2D eigenvalue weighted by Gasteiger charge is 2.14. The summed E-state index contributed by atoms with van der Waals surface area (Å²) in [6.45, 7) is 6.43. The van der Waals surface area contributed by atoms with Gasteiger partial charge in [-0.05, 0) is 13.0 Å². The van der Waals surface area contributed by atoms with E-state index in [9.17, 15) is 4.79 Å². The summed E-state index contributed by atoms with van der Waals surface area (Å²) in [7, 11) is 0. The Hall–Kier alpha value is -1.69. The lowest BCUT2D eigenvalue weighted by Crippen LogP contribution is -2.30. The molecule has 1 aliphatic rings. The summed E-state index contributed by atoms with van der Waals surface area (Å²) in [5.41, 5.74) is 1.25. The van der Waals surface area contributed by atoms with E-state index in [4.69, 9.17) is 0 Å². The summed E-state index contributed by atoms with van der Waals surface area (Å²) >= 11 is 0. The van der Waals surface area contributed by atoms with Gasteiger partial charge in [-0.25, -0.2) is 4.98 Å². The third-order valence-electron chi connectivity index (χ3n) is 2.89. The number of carbonyl (C=O) groups is 1. The van der Waals surface area contributed by atoms with E-state index in [0.717, 1.165) is 25.3 Å². The van der Waals surface area contributed by atoms with Crippen molar-refractivity contribution in [2.45, 2.75) is 26.2 Å². The number of aromatic nitrogens is 3. The third kappa shape index (κ3) is 3.16. The molecule has 1 aromatic heterocycles. The van der Waals surface area contributed by atoms with Crippen LogP contribution in [0.2, 0.25) is 0 Å². The first-order valence-corrected chi connectivity index (χ1v) is 6.26. The average molecular weight is 249 g/mol. The van der Waals surface area contributed by atoms with Crippen molar-refractivity contribution >= 4 is 5.91 Å². The summed E-state index contributed by atoms with van der Waals surface area (Å²) in [6, 6.07) is 0. The molecule has 0 saturated carbocycles. The van der Waals surface area contributed by atoms with Gasteiger partial charge in [0.05, 0.1) is 0 Å². The van der Waals surface area contributed by atoms with Crippen molar-refractivity contribution in [2.24, 2.45) is 0 Å². The van der Waals surface area contributed by atoms with Gasteiger partial charge in [0.15, 0.2) is 0 Å². The van der Waals surface area contributed by atoms with E-state index >= 15 is 0 Å². The predicted molar refractivity (Wildman–Crippen MR) is 68.4 cm³/mol. The van der Waals surface area contributed by atoms with Crippen LogP contribution in [0.15, 0.2) is 11.6 Å². The van der Waals surface area contributed by atoms with Gasteiger partial charge < -0.3 is 10.6 Å². The van der Waals surface area contributed by atoms with Crippen LogP contribution in [-0.2, 0) is 0 Å². The van der Waals surface area contributed by atoms with E-state index in [2.05, 4.69) is 31.9 Å². The molecule has 6 nitrogen and oxygen atoms in total. The van der Waals surface area contributed by atoms with Crippen LogP contribution in [0.3, 0.4) is 0 Å². The van der Waals surface area contributed by atoms with Crippen molar-refractivity contribution in [3.05, 3.63) is 23.3 Å². The maximum Gasteiger partial charge on any atom is 0.291 e. The van der Waals surface area contributed by atoms with Crippen molar-refractivity contribution < 1.29 is 4.79 Å². The lowest BCUT2D eigenvalue weighted by molar-refractivity contribution is 0.0946. The fraction of sp³-hybridized carbons (Fsp3) is 0.583. The number of hydrogen-bond donors (Lipinski definition) is 3. The number of hydrogen-bond acceptors (Lipinski definition) is 4. The van der Waals surface area contributed by atoms with Gasteiger partial charge in [0.25, 0.3) is 5.91 Å². The Kier molecular flexibility index (Phi) is 4.09. The quantitative estimate of drug-likeness (QED) is 0.682. The van der Waals surface area contributed by atoms with Gasteiger partial charge in [-0.2, -0.15) is 0 Å². The zero-order valence-electron chi connectivity index (χ0n) is 10.8. The predicted octanol–water partition coefficient (Wildman–Crippen LogP) is 0.578. The molecule has 0 aromatic carbocycles. The number of nitrogens with one attached hydrogen (secondary N) is 3. The van der Waals surface area contributed by atoms with Crippen molar-refractivity contribution in [3.63, 3.8) is 0 Å². The van der Waals surface area contributed by atoms with E-state index in [1.165, 1.54) is 5.57 Å². The molecule has 98 valence electrons. The molecule has 0 unspecified atom stereocenters. The maximum atomic E-state index is 11.8. The normalized spacial score (nSPS) is 15.6. The fourth-order valence-corrected chi connectivity index (χ4v) is 1.74. The van der Waals surface area contributed by atoms with Crippen LogP contribution in [0.5, 0.6) is 0 Å². The van der Waals surface area contributed by atoms with Crippen LogP contribution >= 0.6 is 0 Å². The molecule has 18 heavy (non-hydrogen) atoms. The molecule has 1 aliphatic heterocycles. The smallest absolute Gasteiger partial charge is 0.291 e. The SMILES string of the molecule is CC(C)c1nc(C(=O)NCC2=CCNCC2)n[nH]1. The molecule has 0 aliphatic carbocycles. The number of rotatable bonds is 4. The van der Waals surface area contributed by atoms with Crippen LogP contribution in [0.4, 0.5) is 0 Å². The summed E-state index contributed by atoms with van der Waals surface area (Å²) in [6.07, 6.45) is 3.09. The summed E-state index contributed by atoms with van der Waals surface area (Å²) in [5.74, 6) is 0.971. The average Bonchev–Trinajstić information content (AvgIpc) is 2.87. The number of nitrogens with zero attached hydrogens (tertiary/aromatic N) is 2. The molecule has 0 bridgehead atoms. The molecule has 3 N–H and O–H groups in total. The Morgan fingerprint density at radius 1 is 1.56 bits per heavy atom. The molecule has 0 radical (unpaired) electrons. The minimum Gasteiger partial charge on any atom is -0.346 e. The van der Waals surface area contributed by atoms with Crippen molar-refractivity contribution in [3.8, 4) is 0 Å². The van der Waals surface area contributed by atoms with Crippen molar-refractivity contribution in [1.82, 2.24) is 25.8 Å². The largest absolute Gasteiger partial charge is 0.346 e. The third-order valence-corrected chi connectivity index (χ3v) is 2.89. The Labute approximate surface area is 106 Å². The molecule has 1 amide bonds. The van der Waals surface area contributed by atoms with Gasteiger partial charge in [0, 0.05) is 19.0 Å². The molecule has 0 atom stereocenters. The van der Waals surface area contributed by atoms with E-state index in [0.29, 0.717) is 6.54 Å². The number of aromatic amines is 1. The second-order valence-corrected chi connectivity index (χ2v) is 4.70. The minimum atomic E-state index is -0.224. The molecule has 0 spiro atoms. The van der Waals surface area contributed by atoms with Crippen molar-refractivity contribution in [2.75, 3.05) is 19.6 Å². The molecular formula is C12H19N5O. The summed E-state index contributed by atoms with van der Waals surface area (Å²) in [5, 5.41) is 12.8. The zero-order chi connectivity index (χ0) is 13.0. The van der Waals surface area contributed by atoms with Crippen LogP contribution in [0, 0.1) is 0 Å². The Balaban J connectivity index is 1.88. The monoisotopic (exact) mass is 249 g/mol. The first kappa shape index (κ1) is 12.8. The van der Waals surface area contributed by atoms with Gasteiger partial charge in [-0.15, -0.1) is 5.10 Å². The van der Waals surface area contributed by atoms with E-state index in [1.54, 1.807) is 0 Å². The van der Waals surface area contributed by atoms with Gasteiger partial charge in [-0.1, -0.05) is 25.5 Å². The minimum absolute atomic E-state index is 0.216. The van der Waals surface area contributed by atoms with Gasteiger partial charge in [0.1, 0.15) is 5.82 Å². The first-order chi connectivity index (χ1) is 8.66. The van der Waals surface area contributed by atoms with E-state index < -0.39 is 0 Å². The zero-order valence-corrected chi connectivity index (χ0v) is 10.8. The second kappa shape index (κ2) is 5.77. The summed E-state index contributed by atoms with van der Waals surface area (Å²) < 4.78 is 0. The number of H-pyrrole nitrogens is 1. The maximum absolute atomic E-state index is 11.8. The lowest BCUT2D eigenvalue weighted by Gasteiger charge is -2.13. The second-order valence-electron chi connectivity index (χ2n) is 4.70. The standard InChI is InChI=1S/C12H19N5O/c1-8(2)10-15-11(17-16-10)12(18)14-7-9-3-5-13-6-4-9/h3,8,13H,4-7H2,1-2H3,(H,14,18)(H,15,16,17). The van der Waals surface area contributed by atoms with E-state index in [1.807, 2.05) is 13.8 Å². The molecule has 2 heterocycles. The Morgan fingerprint density at radius 2 is 2.39 bits per heavy atom. The highest BCUT2D eigenvalue weighted by atomic mass is 16.2. The van der Waals surface area contributed by atoms with Crippen molar-refractivity contribution in [1.29, 1.82) is 0 Å². The Morgan fingerprint density at radius 3 is 3.00 bits per heavy atom. The van der Waals surface area contributed by atoms with Crippen LogP contribution in [0.1, 0.15) is 42.6 Å². The fourth-order valence-electron chi connectivity index (χ4n) is 1.74. The van der Waals surface area contributed by atoms with Gasteiger partial charge >= 0.3 is 0 Å². The Bertz CT molecular complexity index is 449. The number of carbonyl (C=O) groups excluding carboxylic acids is 1. The first-order valence-electron chi connectivity index (χ1n) is 6.26. The molecule has 0 saturated heterocycles. The topological polar surface area (TPSA) is 82.7 Å².